The molecule has 5 heterocycles. The average molecular weight is 376 g/mol. The molecule has 1 atom stereocenters. The molecule has 4 aromatic rings. The highest BCUT2D eigenvalue weighted by molar-refractivity contribution is 5.52. The van der Waals surface area contributed by atoms with Crippen molar-refractivity contribution in [3.8, 4) is 22.8 Å². The van der Waals surface area contributed by atoms with Crippen molar-refractivity contribution in [2.75, 3.05) is 13.1 Å². The highest BCUT2D eigenvalue weighted by atomic mass is 16.5. The van der Waals surface area contributed by atoms with E-state index in [1.165, 1.54) is 0 Å². The number of rotatable bonds is 5. The van der Waals surface area contributed by atoms with Crippen LogP contribution in [0.4, 0.5) is 0 Å². The zero-order valence-electron chi connectivity index (χ0n) is 15.3. The number of furan rings is 1. The molecule has 0 spiro atoms. The summed E-state index contributed by atoms with van der Waals surface area (Å²) in [6.45, 7) is 2.66. The molecule has 8 nitrogen and oxygen atoms in total. The van der Waals surface area contributed by atoms with Crippen LogP contribution in [0.15, 0.2) is 57.9 Å². The standard InChI is InChI=1S/C20H20N6O2/c1-3-14(11-21-8-1)19-23-20(28-25-19)15-4-2-10-26(12-15)13-16-5-6-18(27-16)17-7-9-22-24-17/h1,3,5-9,11,15H,2,4,10,12-13H2,(H,22,24)/t15-/m0/s1. The normalized spacial score (nSPS) is 17.8. The molecule has 4 aromatic heterocycles. The molecule has 0 bridgehead atoms. The van der Waals surface area contributed by atoms with Gasteiger partial charge in [0.15, 0.2) is 5.76 Å². The Hall–Kier alpha value is -3.26. The van der Waals surface area contributed by atoms with Gasteiger partial charge in [0.1, 0.15) is 11.5 Å². The molecule has 0 aliphatic carbocycles. The SMILES string of the molecule is c1cncc(-c2noc([C@H]3CCCN(Cc4ccc(-c5ccn[nH]5)o4)C3)n2)c1. The van der Waals surface area contributed by atoms with Crippen LogP contribution in [0, 0.1) is 0 Å². The van der Waals surface area contributed by atoms with E-state index < -0.39 is 0 Å². The second-order valence-electron chi connectivity index (χ2n) is 7.01. The number of hydrogen-bond donors (Lipinski definition) is 1. The van der Waals surface area contributed by atoms with Crippen LogP contribution in [-0.4, -0.2) is 43.3 Å². The second-order valence-corrected chi connectivity index (χ2v) is 7.01. The van der Waals surface area contributed by atoms with Crippen molar-refractivity contribution < 1.29 is 8.94 Å². The molecule has 8 heteroatoms. The Bertz CT molecular complexity index is 1020. The summed E-state index contributed by atoms with van der Waals surface area (Å²) < 4.78 is 11.5. The summed E-state index contributed by atoms with van der Waals surface area (Å²) in [6.07, 6.45) is 7.33. The summed E-state index contributed by atoms with van der Waals surface area (Å²) >= 11 is 0. The van der Waals surface area contributed by atoms with Gasteiger partial charge in [0.2, 0.25) is 11.7 Å². The fourth-order valence-electron chi connectivity index (χ4n) is 3.64. The average Bonchev–Trinajstić information content (AvgIpc) is 3.50. The van der Waals surface area contributed by atoms with Crippen molar-refractivity contribution in [1.29, 1.82) is 0 Å². The van der Waals surface area contributed by atoms with E-state index >= 15 is 0 Å². The van der Waals surface area contributed by atoms with Crippen LogP contribution < -0.4 is 0 Å². The zero-order chi connectivity index (χ0) is 18.8. The quantitative estimate of drug-likeness (QED) is 0.569. The van der Waals surface area contributed by atoms with Gasteiger partial charge in [-0.2, -0.15) is 10.1 Å². The Morgan fingerprint density at radius 2 is 2.18 bits per heavy atom. The smallest absolute Gasteiger partial charge is 0.231 e. The number of hydrogen-bond acceptors (Lipinski definition) is 7. The highest BCUT2D eigenvalue weighted by Gasteiger charge is 2.27. The lowest BCUT2D eigenvalue weighted by Gasteiger charge is -2.30. The van der Waals surface area contributed by atoms with Crippen molar-refractivity contribution in [2.24, 2.45) is 0 Å². The van der Waals surface area contributed by atoms with E-state index in [0.29, 0.717) is 11.7 Å². The first-order chi connectivity index (χ1) is 13.8. The molecule has 142 valence electrons. The molecule has 1 N–H and O–H groups in total. The van der Waals surface area contributed by atoms with Crippen molar-refractivity contribution in [2.45, 2.75) is 25.3 Å². The van der Waals surface area contributed by atoms with E-state index in [-0.39, 0.29) is 5.92 Å². The van der Waals surface area contributed by atoms with Gasteiger partial charge in [-0.1, -0.05) is 5.16 Å². The lowest BCUT2D eigenvalue weighted by Crippen LogP contribution is -2.33. The lowest BCUT2D eigenvalue weighted by molar-refractivity contribution is 0.170. The largest absolute Gasteiger partial charge is 0.458 e. The van der Waals surface area contributed by atoms with Crippen LogP contribution in [0.25, 0.3) is 22.8 Å². The van der Waals surface area contributed by atoms with Crippen molar-refractivity contribution in [3.05, 3.63) is 60.6 Å². The van der Waals surface area contributed by atoms with Crippen LogP contribution >= 0.6 is 0 Å². The first-order valence-corrected chi connectivity index (χ1v) is 9.40. The number of nitrogens with one attached hydrogen (secondary N) is 1. The molecule has 1 fully saturated rings. The Morgan fingerprint density at radius 1 is 1.18 bits per heavy atom. The molecule has 0 radical (unpaired) electrons. The molecular weight excluding hydrogens is 356 g/mol. The maximum atomic E-state index is 5.96. The Kier molecular flexibility index (Phi) is 4.46. The molecule has 1 aliphatic heterocycles. The Labute approximate surface area is 161 Å². The second kappa shape index (κ2) is 7.40. The minimum Gasteiger partial charge on any atom is -0.458 e. The van der Waals surface area contributed by atoms with Gasteiger partial charge in [-0.05, 0) is 49.7 Å². The summed E-state index contributed by atoms with van der Waals surface area (Å²) in [5, 5.41) is 11.0. The zero-order valence-corrected chi connectivity index (χ0v) is 15.3. The third-order valence-corrected chi connectivity index (χ3v) is 5.02. The molecular formula is C20H20N6O2. The molecule has 0 saturated carbocycles. The molecule has 1 aliphatic rings. The van der Waals surface area contributed by atoms with Crippen LogP contribution in [0.1, 0.15) is 30.4 Å². The van der Waals surface area contributed by atoms with Crippen molar-refractivity contribution in [1.82, 2.24) is 30.2 Å². The maximum Gasteiger partial charge on any atom is 0.231 e. The highest BCUT2D eigenvalue weighted by Crippen LogP contribution is 2.29. The predicted molar refractivity (Wildman–Crippen MR) is 101 cm³/mol. The number of pyridine rings is 1. The van der Waals surface area contributed by atoms with Gasteiger partial charge < -0.3 is 8.94 Å². The number of H-pyrrole nitrogens is 1. The Balaban J connectivity index is 1.26. The fourth-order valence-corrected chi connectivity index (χ4v) is 3.64. The third kappa shape index (κ3) is 3.46. The van der Waals surface area contributed by atoms with Crippen LogP contribution in [0.3, 0.4) is 0 Å². The minimum absolute atomic E-state index is 0.230. The van der Waals surface area contributed by atoms with E-state index in [1.54, 1.807) is 18.6 Å². The van der Waals surface area contributed by atoms with E-state index in [4.69, 9.17) is 8.94 Å². The third-order valence-electron chi connectivity index (χ3n) is 5.02. The first-order valence-electron chi connectivity index (χ1n) is 9.40. The summed E-state index contributed by atoms with van der Waals surface area (Å²) in [5.41, 5.74) is 1.75. The molecule has 0 unspecified atom stereocenters. The molecule has 0 amide bonds. The van der Waals surface area contributed by atoms with Crippen LogP contribution in [-0.2, 0) is 6.54 Å². The van der Waals surface area contributed by atoms with Gasteiger partial charge in [0, 0.05) is 30.7 Å². The van der Waals surface area contributed by atoms with E-state index in [1.807, 2.05) is 30.3 Å². The van der Waals surface area contributed by atoms with Crippen LogP contribution in [0.5, 0.6) is 0 Å². The van der Waals surface area contributed by atoms with E-state index in [2.05, 4.69) is 30.2 Å². The van der Waals surface area contributed by atoms with Gasteiger partial charge in [-0.3, -0.25) is 15.0 Å². The molecule has 1 saturated heterocycles. The van der Waals surface area contributed by atoms with Gasteiger partial charge in [-0.15, -0.1) is 0 Å². The maximum absolute atomic E-state index is 5.96. The van der Waals surface area contributed by atoms with Gasteiger partial charge in [0.05, 0.1) is 12.5 Å². The van der Waals surface area contributed by atoms with Gasteiger partial charge >= 0.3 is 0 Å². The summed E-state index contributed by atoms with van der Waals surface area (Å²) in [4.78, 5) is 11.1. The monoisotopic (exact) mass is 376 g/mol. The lowest BCUT2D eigenvalue weighted by atomic mass is 9.98. The fraction of sp³-hybridized carbons (Fsp3) is 0.300. The van der Waals surface area contributed by atoms with Gasteiger partial charge in [-0.25, -0.2) is 0 Å². The summed E-state index contributed by atoms with van der Waals surface area (Å²) in [6, 6.07) is 9.70. The number of piperidine rings is 1. The first kappa shape index (κ1) is 16.9. The van der Waals surface area contributed by atoms with E-state index in [9.17, 15) is 0 Å². The van der Waals surface area contributed by atoms with Gasteiger partial charge in [0.25, 0.3) is 0 Å². The number of aromatic amines is 1. The number of aromatic nitrogens is 5. The van der Waals surface area contributed by atoms with E-state index in [0.717, 1.165) is 55.3 Å². The van der Waals surface area contributed by atoms with Crippen molar-refractivity contribution in [3.63, 3.8) is 0 Å². The molecule has 28 heavy (non-hydrogen) atoms. The topological polar surface area (TPSA) is 96.9 Å². The summed E-state index contributed by atoms with van der Waals surface area (Å²) in [5.74, 6) is 3.26. The minimum atomic E-state index is 0.230. The predicted octanol–water partition coefficient (Wildman–Crippen LogP) is 3.49. The molecule has 0 aromatic carbocycles. The molecule has 5 rings (SSSR count). The number of nitrogens with zero attached hydrogens (tertiary/aromatic N) is 5. The summed E-state index contributed by atoms with van der Waals surface area (Å²) in [7, 11) is 0. The Morgan fingerprint density at radius 3 is 3.04 bits per heavy atom. The van der Waals surface area contributed by atoms with Crippen molar-refractivity contribution >= 4 is 0 Å². The number of likely N-dealkylation sites (tertiary alicyclic amines) is 1. The van der Waals surface area contributed by atoms with Crippen LogP contribution in [0.2, 0.25) is 0 Å².